The van der Waals surface area contributed by atoms with Crippen molar-refractivity contribution in [2.24, 2.45) is 0 Å². The largest absolute Gasteiger partial charge is 0.858 e. The van der Waals surface area contributed by atoms with Crippen molar-refractivity contribution in [3.63, 3.8) is 0 Å². The van der Waals surface area contributed by atoms with Gasteiger partial charge in [-0.2, -0.15) is 4.98 Å². The van der Waals surface area contributed by atoms with E-state index in [4.69, 9.17) is 0 Å². The summed E-state index contributed by atoms with van der Waals surface area (Å²) < 4.78 is 2.75. The van der Waals surface area contributed by atoms with Crippen LogP contribution in [0, 0.1) is 0 Å². The Morgan fingerprint density at radius 2 is 1.43 bits per heavy atom. The van der Waals surface area contributed by atoms with Crippen molar-refractivity contribution >= 4 is 17.5 Å². The molecule has 8 heteroatoms. The fraction of sp³-hybridized carbons (Fsp3) is 0.656. The minimum Gasteiger partial charge on any atom is -0.858 e. The van der Waals surface area contributed by atoms with Crippen LogP contribution in [0.1, 0.15) is 95.9 Å². The lowest BCUT2D eigenvalue weighted by molar-refractivity contribution is -0.929. The number of unbranched alkanes of at least 4 members (excludes halogenated alkanes) is 4. The number of thioether (sulfide) groups is 1. The van der Waals surface area contributed by atoms with Gasteiger partial charge in [-0.3, -0.25) is 4.90 Å². The van der Waals surface area contributed by atoms with E-state index in [-0.39, 0.29) is 5.88 Å². The molecule has 1 aromatic carbocycles. The second-order valence-corrected chi connectivity index (χ2v) is 12.0. The fourth-order valence-electron chi connectivity index (χ4n) is 5.58. The summed E-state index contributed by atoms with van der Waals surface area (Å²) in [6.07, 6.45) is 13.7. The first-order valence-corrected chi connectivity index (χ1v) is 16.8. The highest BCUT2D eigenvalue weighted by molar-refractivity contribution is 7.98. The van der Waals surface area contributed by atoms with Gasteiger partial charge in [0.25, 0.3) is 5.78 Å². The molecule has 0 N–H and O–H groups in total. The van der Waals surface area contributed by atoms with E-state index in [0.717, 1.165) is 24.3 Å². The van der Waals surface area contributed by atoms with E-state index in [0.29, 0.717) is 23.9 Å². The lowest BCUT2D eigenvalue weighted by Gasteiger charge is -2.39. The minimum atomic E-state index is -0.0721. The summed E-state index contributed by atoms with van der Waals surface area (Å²) in [5, 5.41) is 17.3. The Morgan fingerprint density at radius 3 is 1.95 bits per heavy atom. The molecule has 0 fully saturated rings. The molecule has 0 saturated carbocycles. The van der Waals surface area contributed by atoms with Crippen LogP contribution in [0.25, 0.3) is 5.78 Å². The summed E-state index contributed by atoms with van der Waals surface area (Å²) in [6.45, 7) is 17.4. The average molecular weight is 569 g/mol. The first-order valence-electron chi connectivity index (χ1n) is 15.6. The van der Waals surface area contributed by atoms with Crippen LogP contribution in [0.3, 0.4) is 0 Å². The molecule has 222 valence electrons. The lowest BCUT2D eigenvalue weighted by Crippen LogP contribution is -2.50. The van der Waals surface area contributed by atoms with Crippen molar-refractivity contribution in [2.45, 2.75) is 104 Å². The number of rotatable bonds is 15. The summed E-state index contributed by atoms with van der Waals surface area (Å²) in [7, 11) is 0. The van der Waals surface area contributed by atoms with Crippen LogP contribution in [-0.4, -0.2) is 67.9 Å². The zero-order chi connectivity index (χ0) is 28.8. The third kappa shape index (κ3) is 9.18. The first kappa shape index (κ1) is 32.4. The molecule has 0 spiro atoms. The van der Waals surface area contributed by atoms with Crippen molar-refractivity contribution in [3.8, 4) is 5.88 Å². The van der Waals surface area contributed by atoms with Crippen molar-refractivity contribution < 1.29 is 9.59 Å². The molecule has 4 rings (SSSR count). The quantitative estimate of drug-likeness (QED) is 0.154. The standard InChI is InChI=1S/C16H17N5OS.C16H36N/c1-23-16-18-15-17-13-10-20(9-11-5-3-2-4-6-11)8-7-12(13)14(22)21(15)19-16;1-5-9-13-17(14-10-6-2,15-11-7-3)16-12-8-4/h2-6,22H,7-10H2,1H3;5-16H2,1-4H3/q;+1/p-1. The summed E-state index contributed by atoms with van der Waals surface area (Å²) in [6, 6.07) is 10.4. The van der Waals surface area contributed by atoms with Gasteiger partial charge < -0.3 is 9.59 Å². The molecule has 0 amide bonds. The van der Waals surface area contributed by atoms with Crippen molar-refractivity contribution in [1.29, 1.82) is 0 Å². The molecule has 0 aliphatic carbocycles. The highest BCUT2D eigenvalue weighted by Crippen LogP contribution is 2.26. The van der Waals surface area contributed by atoms with Crippen LogP contribution in [-0.2, 0) is 19.5 Å². The Hall–Kier alpha value is -2.16. The number of benzene rings is 1. The van der Waals surface area contributed by atoms with E-state index < -0.39 is 0 Å². The molecule has 1 aliphatic rings. The van der Waals surface area contributed by atoms with E-state index in [9.17, 15) is 5.11 Å². The first-order chi connectivity index (χ1) is 19.5. The van der Waals surface area contributed by atoms with Crippen molar-refractivity contribution in [1.82, 2.24) is 24.5 Å². The summed E-state index contributed by atoms with van der Waals surface area (Å²) in [5.41, 5.74) is 2.88. The number of hydrogen-bond donors (Lipinski definition) is 0. The monoisotopic (exact) mass is 568 g/mol. The zero-order valence-corrected chi connectivity index (χ0v) is 26.5. The van der Waals surface area contributed by atoms with E-state index in [1.54, 1.807) is 0 Å². The number of nitrogens with zero attached hydrogens (tertiary/aromatic N) is 6. The van der Waals surface area contributed by atoms with Crippen LogP contribution >= 0.6 is 11.8 Å². The van der Waals surface area contributed by atoms with Crippen LogP contribution in [0.4, 0.5) is 0 Å². The number of aromatic nitrogens is 4. The summed E-state index contributed by atoms with van der Waals surface area (Å²) in [5.74, 6) is 0.330. The van der Waals surface area contributed by atoms with Crippen molar-refractivity contribution in [2.75, 3.05) is 39.0 Å². The van der Waals surface area contributed by atoms with Gasteiger partial charge in [0.15, 0.2) is 0 Å². The smallest absolute Gasteiger partial charge is 0.252 e. The van der Waals surface area contributed by atoms with Crippen LogP contribution < -0.4 is 5.11 Å². The molecule has 0 bridgehead atoms. The average Bonchev–Trinajstić information content (AvgIpc) is 3.41. The maximum Gasteiger partial charge on any atom is 0.252 e. The van der Waals surface area contributed by atoms with E-state index >= 15 is 0 Å². The zero-order valence-electron chi connectivity index (χ0n) is 25.7. The van der Waals surface area contributed by atoms with E-state index in [1.165, 1.54) is 104 Å². The molecule has 0 radical (unpaired) electrons. The molecule has 3 aromatic rings. The van der Waals surface area contributed by atoms with Gasteiger partial charge in [-0.15, -0.1) is 5.10 Å². The fourth-order valence-corrected chi connectivity index (χ4v) is 5.92. The number of hydrogen-bond acceptors (Lipinski definition) is 6. The van der Waals surface area contributed by atoms with Crippen LogP contribution in [0.2, 0.25) is 0 Å². The lowest BCUT2D eigenvalue weighted by atomic mass is 10.1. The Kier molecular flexibility index (Phi) is 13.7. The van der Waals surface area contributed by atoms with Gasteiger partial charge >= 0.3 is 0 Å². The second-order valence-electron chi connectivity index (χ2n) is 11.2. The third-order valence-electron chi connectivity index (χ3n) is 8.03. The Morgan fingerprint density at radius 1 is 0.850 bits per heavy atom. The molecule has 0 saturated heterocycles. The predicted octanol–water partition coefficient (Wildman–Crippen LogP) is 6.48. The van der Waals surface area contributed by atoms with Gasteiger partial charge in [-0.05, 0) is 55.4 Å². The molecule has 0 unspecified atom stereocenters. The topological polar surface area (TPSA) is 69.4 Å². The SMILES string of the molecule is CCCC[N+](CCCC)(CCCC)CCCC.CSc1nc2nc3c(c([O-])n2n1)CCN(Cc1ccccc1)C3. The summed E-state index contributed by atoms with van der Waals surface area (Å²) >= 11 is 1.42. The van der Waals surface area contributed by atoms with Crippen LogP contribution in [0.5, 0.6) is 5.88 Å². The van der Waals surface area contributed by atoms with Gasteiger partial charge in [-0.1, -0.05) is 95.5 Å². The number of fused-ring (bicyclic) bond motifs is 2. The molecular formula is C32H52N6OS. The molecule has 40 heavy (non-hydrogen) atoms. The maximum atomic E-state index is 12.6. The molecule has 1 aliphatic heterocycles. The second kappa shape index (κ2) is 16.9. The van der Waals surface area contributed by atoms with Crippen LogP contribution in [0.15, 0.2) is 35.5 Å². The predicted molar refractivity (Wildman–Crippen MR) is 166 cm³/mol. The number of quaternary nitrogens is 1. The minimum absolute atomic E-state index is 0.0721. The summed E-state index contributed by atoms with van der Waals surface area (Å²) in [4.78, 5) is 11.2. The van der Waals surface area contributed by atoms with Crippen molar-refractivity contribution in [3.05, 3.63) is 47.2 Å². The molecule has 2 aromatic heterocycles. The molecular weight excluding hydrogens is 516 g/mol. The molecule has 0 atom stereocenters. The Balaban J connectivity index is 0.000000234. The normalized spacial score (nSPS) is 13.7. The maximum absolute atomic E-state index is 12.6. The van der Waals surface area contributed by atoms with Gasteiger partial charge in [0.05, 0.1) is 31.9 Å². The Labute approximate surface area is 247 Å². The molecule has 3 heterocycles. The van der Waals surface area contributed by atoms with Gasteiger partial charge in [0, 0.05) is 19.6 Å². The third-order valence-corrected chi connectivity index (χ3v) is 8.57. The Bertz CT molecular complexity index is 1100. The molecule has 7 nitrogen and oxygen atoms in total. The van der Waals surface area contributed by atoms with Gasteiger partial charge in [0.1, 0.15) is 0 Å². The van der Waals surface area contributed by atoms with E-state index in [1.807, 2.05) is 24.5 Å². The van der Waals surface area contributed by atoms with E-state index in [2.05, 4.69) is 59.8 Å². The van der Waals surface area contributed by atoms with Gasteiger partial charge in [-0.25, -0.2) is 9.50 Å². The highest BCUT2D eigenvalue weighted by atomic mass is 32.2. The van der Waals surface area contributed by atoms with Gasteiger partial charge in [0.2, 0.25) is 5.16 Å². The highest BCUT2D eigenvalue weighted by Gasteiger charge is 2.25.